The average molecular weight is 351 g/mol. The second-order valence-corrected chi connectivity index (χ2v) is 6.43. The molecule has 2 unspecified atom stereocenters. The van der Waals surface area contributed by atoms with Crippen LogP contribution in [-0.4, -0.2) is 10.7 Å². The maximum absolute atomic E-state index is 12.4. The van der Waals surface area contributed by atoms with E-state index in [1.54, 1.807) is 12.1 Å². The van der Waals surface area contributed by atoms with Crippen LogP contribution in [-0.2, 0) is 6.42 Å². The SMILES string of the molecule is O=C(NC1c2ccccc2CC1Br)c1ccccc1Cl. The number of hydrogen-bond acceptors (Lipinski definition) is 1. The number of carbonyl (C=O) groups excluding carboxylic acids is 1. The lowest BCUT2D eigenvalue weighted by atomic mass is 10.1. The maximum atomic E-state index is 12.4. The first-order valence-corrected chi connectivity index (χ1v) is 7.73. The Morgan fingerprint density at radius 2 is 1.85 bits per heavy atom. The third-order valence-electron chi connectivity index (χ3n) is 3.57. The van der Waals surface area contributed by atoms with Crippen molar-refractivity contribution in [3.05, 3.63) is 70.2 Å². The monoisotopic (exact) mass is 349 g/mol. The number of alkyl halides is 1. The van der Waals surface area contributed by atoms with Crippen LogP contribution in [0, 0.1) is 0 Å². The van der Waals surface area contributed by atoms with E-state index >= 15 is 0 Å². The lowest BCUT2D eigenvalue weighted by Gasteiger charge is -2.18. The molecule has 0 fully saturated rings. The van der Waals surface area contributed by atoms with E-state index in [4.69, 9.17) is 11.6 Å². The fourth-order valence-corrected chi connectivity index (χ4v) is 3.57. The van der Waals surface area contributed by atoms with Crippen molar-refractivity contribution in [2.75, 3.05) is 0 Å². The van der Waals surface area contributed by atoms with Crippen LogP contribution in [0.3, 0.4) is 0 Å². The van der Waals surface area contributed by atoms with Gasteiger partial charge < -0.3 is 5.32 Å². The molecule has 0 aromatic heterocycles. The standard InChI is InChI=1S/C16H13BrClNO/c17-13-9-10-5-1-2-6-11(10)15(13)19-16(20)12-7-3-4-8-14(12)18/h1-8,13,15H,9H2,(H,19,20). The summed E-state index contributed by atoms with van der Waals surface area (Å²) in [6, 6.07) is 15.3. The Labute approximate surface area is 131 Å². The van der Waals surface area contributed by atoms with Gasteiger partial charge in [-0.05, 0) is 29.7 Å². The van der Waals surface area contributed by atoms with Crippen molar-refractivity contribution in [3.63, 3.8) is 0 Å². The number of carbonyl (C=O) groups is 1. The number of benzene rings is 2. The van der Waals surface area contributed by atoms with Crippen LogP contribution in [0.4, 0.5) is 0 Å². The van der Waals surface area contributed by atoms with Crippen LogP contribution in [0.15, 0.2) is 48.5 Å². The van der Waals surface area contributed by atoms with Crippen molar-refractivity contribution < 1.29 is 4.79 Å². The highest BCUT2D eigenvalue weighted by Crippen LogP contribution is 2.36. The second-order valence-electron chi connectivity index (χ2n) is 4.85. The van der Waals surface area contributed by atoms with Crippen molar-refractivity contribution in [2.45, 2.75) is 17.3 Å². The quantitative estimate of drug-likeness (QED) is 0.811. The van der Waals surface area contributed by atoms with Crippen LogP contribution in [0.5, 0.6) is 0 Å². The number of hydrogen-bond donors (Lipinski definition) is 1. The third-order valence-corrected chi connectivity index (χ3v) is 4.75. The molecule has 1 aliphatic carbocycles. The van der Waals surface area contributed by atoms with Gasteiger partial charge in [-0.1, -0.05) is 63.9 Å². The minimum absolute atomic E-state index is 0.0185. The van der Waals surface area contributed by atoms with E-state index < -0.39 is 0 Å². The minimum atomic E-state index is -0.137. The molecule has 20 heavy (non-hydrogen) atoms. The first-order chi connectivity index (χ1) is 9.66. The highest BCUT2D eigenvalue weighted by atomic mass is 79.9. The topological polar surface area (TPSA) is 29.1 Å². The molecule has 2 atom stereocenters. The van der Waals surface area contributed by atoms with E-state index in [2.05, 4.69) is 33.4 Å². The van der Waals surface area contributed by atoms with Gasteiger partial charge in [0.1, 0.15) is 0 Å². The summed E-state index contributed by atoms with van der Waals surface area (Å²) in [5.41, 5.74) is 2.96. The summed E-state index contributed by atoms with van der Waals surface area (Å²) in [6.07, 6.45) is 0.920. The molecule has 2 nitrogen and oxygen atoms in total. The summed E-state index contributed by atoms with van der Waals surface area (Å²) in [6.45, 7) is 0. The molecular formula is C16H13BrClNO. The van der Waals surface area contributed by atoms with Gasteiger partial charge in [-0.15, -0.1) is 0 Å². The van der Waals surface area contributed by atoms with Gasteiger partial charge in [0.25, 0.3) is 5.91 Å². The summed E-state index contributed by atoms with van der Waals surface area (Å²) in [5.74, 6) is -0.137. The lowest BCUT2D eigenvalue weighted by Crippen LogP contribution is -2.31. The van der Waals surface area contributed by atoms with Gasteiger partial charge in [0.15, 0.2) is 0 Å². The zero-order valence-electron chi connectivity index (χ0n) is 10.6. The van der Waals surface area contributed by atoms with E-state index in [-0.39, 0.29) is 16.8 Å². The van der Waals surface area contributed by atoms with Gasteiger partial charge in [-0.2, -0.15) is 0 Å². The minimum Gasteiger partial charge on any atom is -0.344 e. The van der Waals surface area contributed by atoms with Crippen LogP contribution >= 0.6 is 27.5 Å². The molecule has 0 aliphatic heterocycles. The number of nitrogens with one attached hydrogen (secondary N) is 1. The molecule has 0 radical (unpaired) electrons. The molecule has 0 spiro atoms. The number of amides is 1. The Bertz CT molecular complexity index is 658. The molecule has 1 aliphatic rings. The fraction of sp³-hybridized carbons (Fsp3) is 0.188. The van der Waals surface area contributed by atoms with Crippen LogP contribution < -0.4 is 5.32 Å². The highest BCUT2D eigenvalue weighted by molar-refractivity contribution is 9.09. The largest absolute Gasteiger partial charge is 0.344 e. The van der Waals surface area contributed by atoms with Crippen molar-refractivity contribution in [1.29, 1.82) is 0 Å². The Morgan fingerprint density at radius 1 is 1.15 bits per heavy atom. The van der Waals surface area contributed by atoms with E-state index in [0.29, 0.717) is 10.6 Å². The van der Waals surface area contributed by atoms with Gasteiger partial charge in [0, 0.05) is 4.83 Å². The van der Waals surface area contributed by atoms with E-state index in [1.807, 2.05) is 24.3 Å². The van der Waals surface area contributed by atoms with Crippen LogP contribution in [0.25, 0.3) is 0 Å². The zero-order valence-corrected chi connectivity index (χ0v) is 13.0. The molecule has 0 heterocycles. The molecule has 3 rings (SSSR count). The van der Waals surface area contributed by atoms with Crippen molar-refractivity contribution in [3.8, 4) is 0 Å². The Kier molecular flexibility index (Phi) is 3.81. The summed E-state index contributed by atoms with van der Waals surface area (Å²) in [4.78, 5) is 12.6. The first kappa shape index (κ1) is 13.7. The Morgan fingerprint density at radius 3 is 2.65 bits per heavy atom. The van der Waals surface area contributed by atoms with E-state index in [1.165, 1.54) is 11.1 Å². The third kappa shape index (κ3) is 2.48. The summed E-state index contributed by atoms with van der Waals surface area (Å²) in [5, 5.41) is 3.55. The molecular weight excluding hydrogens is 338 g/mol. The molecule has 1 N–H and O–H groups in total. The number of halogens is 2. The smallest absolute Gasteiger partial charge is 0.253 e. The molecule has 0 saturated heterocycles. The fourth-order valence-electron chi connectivity index (χ4n) is 2.58. The maximum Gasteiger partial charge on any atom is 0.253 e. The van der Waals surface area contributed by atoms with Gasteiger partial charge in [-0.25, -0.2) is 0 Å². The molecule has 102 valence electrons. The number of rotatable bonds is 2. The van der Waals surface area contributed by atoms with E-state index in [9.17, 15) is 4.79 Å². The molecule has 2 aromatic rings. The van der Waals surface area contributed by atoms with Crippen molar-refractivity contribution in [1.82, 2.24) is 5.32 Å². The molecule has 0 bridgehead atoms. The van der Waals surface area contributed by atoms with Crippen LogP contribution in [0.2, 0.25) is 5.02 Å². The average Bonchev–Trinajstić information content (AvgIpc) is 2.76. The Balaban J connectivity index is 1.85. The predicted octanol–water partition coefficient (Wildman–Crippen LogP) is 4.13. The second kappa shape index (κ2) is 5.58. The highest BCUT2D eigenvalue weighted by Gasteiger charge is 2.31. The van der Waals surface area contributed by atoms with Crippen molar-refractivity contribution in [2.24, 2.45) is 0 Å². The van der Waals surface area contributed by atoms with Crippen molar-refractivity contribution >= 4 is 33.4 Å². The Hall–Kier alpha value is -1.32. The first-order valence-electron chi connectivity index (χ1n) is 6.44. The predicted molar refractivity (Wildman–Crippen MR) is 84.5 cm³/mol. The number of fused-ring (bicyclic) bond motifs is 1. The van der Waals surface area contributed by atoms with Gasteiger partial charge in [-0.3, -0.25) is 4.79 Å². The summed E-state index contributed by atoms with van der Waals surface area (Å²) < 4.78 is 0. The molecule has 2 aromatic carbocycles. The van der Waals surface area contributed by atoms with Gasteiger partial charge >= 0.3 is 0 Å². The summed E-state index contributed by atoms with van der Waals surface area (Å²) >= 11 is 9.73. The van der Waals surface area contributed by atoms with Gasteiger partial charge in [0.2, 0.25) is 0 Å². The molecule has 0 saturated carbocycles. The van der Waals surface area contributed by atoms with Crippen LogP contribution in [0.1, 0.15) is 27.5 Å². The lowest BCUT2D eigenvalue weighted by molar-refractivity contribution is 0.0938. The zero-order chi connectivity index (χ0) is 14.1. The van der Waals surface area contributed by atoms with E-state index in [0.717, 1.165) is 6.42 Å². The van der Waals surface area contributed by atoms with Gasteiger partial charge in [0.05, 0.1) is 16.6 Å². The molecule has 4 heteroatoms. The summed E-state index contributed by atoms with van der Waals surface area (Å²) in [7, 11) is 0. The molecule has 1 amide bonds. The normalized spacial score (nSPS) is 20.5.